The Morgan fingerprint density at radius 2 is 2.15 bits per heavy atom. The number of hydrogen-bond donors (Lipinski definition) is 1. The second kappa shape index (κ2) is 2.73. The van der Waals surface area contributed by atoms with Gasteiger partial charge < -0.3 is 5.73 Å². The van der Waals surface area contributed by atoms with E-state index in [-0.39, 0.29) is 5.91 Å². The highest BCUT2D eigenvalue weighted by Crippen LogP contribution is 2.60. The fourth-order valence-corrected chi connectivity index (χ4v) is 3.61. The highest BCUT2D eigenvalue weighted by Gasteiger charge is 2.52. The third kappa shape index (κ3) is 1.27. The van der Waals surface area contributed by atoms with Crippen LogP contribution in [0.2, 0.25) is 0 Å². The highest BCUT2D eigenvalue weighted by molar-refractivity contribution is 5.74. The summed E-state index contributed by atoms with van der Waals surface area (Å²) in [5.41, 5.74) is 5.65. The smallest absolute Gasteiger partial charge is 0.217 e. The van der Waals surface area contributed by atoms with E-state index in [0.717, 1.165) is 11.8 Å². The van der Waals surface area contributed by atoms with Crippen LogP contribution in [0, 0.1) is 23.2 Å². The Bertz CT molecular complexity index is 234. The number of carbonyl (C=O) groups excluding carboxylic acids is 1. The molecule has 2 bridgehead atoms. The van der Waals surface area contributed by atoms with Gasteiger partial charge in [-0.15, -0.1) is 0 Å². The zero-order valence-corrected chi connectivity index (χ0v) is 8.55. The minimum atomic E-state index is -0.120. The van der Waals surface area contributed by atoms with Crippen molar-refractivity contribution in [2.45, 2.75) is 39.5 Å². The molecule has 0 radical (unpaired) electrons. The SMILES string of the molecule is CC1(C)C2CCC(C2)C1CC(N)=O. The molecule has 2 aliphatic rings. The molecule has 3 atom stereocenters. The summed E-state index contributed by atoms with van der Waals surface area (Å²) in [4.78, 5) is 10.9. The largest absolute Gasteiger partial charge is 0.370 e. The molecule has 74 valence electrons. The normalized spacial score (nSPS) is 40.9. The summed E-state index contributed by atoms with van der Waals surface area (Å²) in [5, 5.41) is 0. The first-order valence-corrected chi connectivity index (χ1v) is 5.30. The van der Waals surface area contributed by atoms with Gasteiger partial charge >= 0.3 is 0 Å². The van der Waals surface area contributed by atoms with Crippen LogP contribution in [0.15, 0.2) is 0 Å². The Labute approximate surface area is 79.9 Å². The number of nitrogens with two attached hydrogens (primary N) is 1. The van der Waals surface area contributed by atoms with Crippen molar-refractivity contribution in [1.29, 1.82) is 0 Å². The van der Waals surface area contributed by atoms with E-state index >= 15 is 0 Å². The number of rotatable bonds is 2. The van der Waals surface area contributed by atoms with Crippen molar-refractivity contribution in [2.75, 3.05) is 0 Å². The van der Waals surface area contributed by atoms with Crippen LogP contribution < -0.4 is 5.73 Å². The second-order valence-electron chi connectivity index (χ2n) is 5.37. The van der Waals surface area contributed by atoms with Gasteiger partial charge in [-0.25, -0.2) is 0 Å². The van der Waals surface area contributed by atoms with E-state index in [0.29, 0.717) is 17.8 Å². The molecule has 2 N–H and O–H groups in total. The monoisotopic (exact) mass is 181 g/mol. The first-order valence-electron chi connectivity index (χ1n) is 5.30. The van der Waals surface area contributed by atoms with Gasteiger partial charge in [0.1, 0.15) is 0 Å². The van der Waals surface area contributed by atoms with Gasteiger partial charge in [-0.1, -0.05) is 13.8 Å². The van der Waals surface area contributed by atoms with Crippen LogP contribution in [0.5, 0.6) is 0 Å². The standard InChI is InChI=1S/C11H19NO/c1-11(2)8-4-3-7(5-8)9(11)6-10(12)13/h7-9H,3-6H2,1-2H3,(H2,12,13). The Morgan fingerprint density at radius 3 is 2.62 bits per heavy atom. The van der Waals surface area contributed by atoms with Gasteiger partial charge in [-0.3, -0.25) is 4.79 Å². The van der Waals surface area contributed by atoms with E-state index in [1.807, 2.05) is 0 Å². The van der Waals surface area contributed by atoms with Gasteiger partial charge in [0, 0.05) is 6.42 Å². The lowest BCUT2D eigenvalue weighted by Gasteiger charge is -2.37. The molecule has 0 aliphatic heterocycles. The van der Waals surface area contributed by atoms with Crippen molar-refractivity contribution in [3.8, 4) is 0 Å². The maximum atomic E-state index is 10.9. The zero-order valence-electron chi connectivity index (χ0n) is 8.55. The molecule has 0 aromatic heterocycles. The van der Waals surface area contributed by atoms with Crippen molar-refractivity contribution in [1.82, 2.24) is 0 Å². The molecule has 0 aromatic carbocycles. The van der Waals surface area contributed by atoms with Gasteiger partial charge in [0.15, 0.2) is 0 Å². The summed E-state index contributed by atoms with van der Waals surface area (Å²) in [6.45, 7) is 4.62. The predicted octanol–water partition coefficient (Wildman–Crippen LogP) is 1.93. The van der Waals surface area contributed by atoms with Crippen molar-refractivity contribution >= 4 is 5.91 Å². The van der Waals surface area contributed by atoms with E-state index < -0.39 is 0 Å². The van der Waals surface area contributed by atoms with Crippen LogP contribution in [0.4, 0.5) is 0 Å². The third-order valence-corrected chi connectivity index (χ3v) is 4.47. The minimum Gasteiger partial charge on any atom is -0.370 e. The molecular formula is C11H19NO. The number of primary amides is 1. The lowest BCUT2D eigenvalue weighted by Crippen LogP contribution is -2.33. The molecule has 1 amide bonds. The van der Waals surface area contributed by atoms with Crippen molar-refractivity contribution in [2.24, 2.45) is 28.9 Å². The van der Waals surface area contributed by atoms with Gasteiger partial charge in [-0.05, 0) is 42.4 Å². The molecular weight excluding hydrogens is 162 g/mol. The molecule has 13 heavy (non-hydrogen) atoms. The van der Waals surface area contributed by atoms with Crippen molar-refractivity contribution < 1.29 is 4.79 Å². The van der Waals surface area contributed by atoms with Crippen LogP contribution in [0.3, 0.4) is 0 Å². The fourth-order valence-electron chi connectivity index (χ4n) is 3.61. The van der Waals surface area contributed by atoms with Crippen LogP contribution in [-0.4, -0.2) is 5.91 Å². The average molecular weight is 181 g/mol. The van der Waals surface area contributed by atoms with Crippen molar-refractivity contribution in [3.63, 3.8) is 0 Å². The maximum absolute atomic E-state index is 10.9. The summed E-state index contributed by atoms with van der Waals surface area (Å²) in [7, 11) is 0. The quantitative estimate of drug-likeness (QED) is 0.695. The van der Waals surface area contributed by atoms with Crippen LogP contribution in [0.1, 0.15) is 39.5 Å². The molecule has 2 nitrogen and oxygen atoms in total. The molecule has 2 aliphatic carbocycles. The van der Waals surface area contributed by atoms with Crippen LogP contribution >= 0.6 is 0 Å². The first kappa shape index (κ1) is 9.04. The van der Waals surface area contributed by atoms with Gasteiger partial charge in [0.25, 0.3) is 0 Å². The first-order chi connectivity index (χ1) is 6.01. The lowest BCUT2D eigenvalue weighted by atomic mass is 9.67. The average Bonchev–Trinajstić information content (AvgIpc) is 2.53. The molecule has 0 spiro atoms. The van der Waals surface area contributed by atoms with E-state index in [2.05, 4.69) is 13.8 Å². The van der Waals surface area contributed by atoms with Crippen LogP contribution in [-0.2, 0) is 4.79 Å². The van der Waals surface area contributed by atoms with Crippen molar-refractivity contribution in [3.05, 3.63) is 0 Å². The summed E-state index contributed by atoms with van der Waals surface area (Å²) < 4.78 is 0. The Kier molecular flexibility index (Phi) is 1.90. The van der Waals surface area contributed by atoms with E-state index in [4.69, 9.17) is 5.73 Å². The molecule has 0 saturated heterocycles. The minimum absolute atomic E-state index is 0.120. The zero-order chi connectivity index (χ0) is 9.64. The summed E-state index contributed by atoms with van der Waals surface area (Å²) >= 11 is 0. The van der Waals surface area contributed by atoms with E-state index in [1.54, 1.807) is 0 Å². The van der Waals surface area contributed by atoms with E-state index in [1.165, 1.54) is 19.3 Å². The molecule has 2 saturated carbocycles. The Balaban J connectivity index is 2.14. The fraction of sp³-hybridized carbons (Fsp3) is 0.909. The number of hydrogen-bond acceptors (Lipinski definition) is 1. The Morgan fingerprint density at radius 1 is 1.46 bits per heavy atom. The second-order valence-corrected chi connectivity index (χ2v) is 5.37. The maximum Gasteiger partial charge on any atom is 0.217 e. The number of carbonyl (C=O) groups is 1. The predicted molar refractivity (Wildman–Crippen MR) is 51.9 cm³/mol. The van der Waals surface area contributed by atoms with Gasteiger partial charge in [0.05, 0.1) is 0 Å². The third-order valence-electron chi connectivity index (χ3n) is 4.47. The molecule has 3 unspecified atom stereocenters. The molecule has 0 heterocycles. The topological polar surface area (TPSA) is 43.1 Å². The van der Waals surface area contributed by atoms with Gasteiger partial charge in [-0.2, -0.15) is 0 Å². The molecule has 2 heteroatoms. The summed E-state index contributed by atoms with van der Waals surface area (Å²) in [6, 6.07) is 0. The highest BCUT2D eigenvalue weighted by atomic mass is 16.1. The number of amides is 1. The van der Waals surface area contributed by atoms with Crippen LogP contribution in [0.25, 0.3) is 0 Å². The number of fused-ring (bicyclic) bond motifs is 2. The Hall–Kier alpha value is -0.530. The molecule has 2 rings (SSSR count). The molecule has 2 fully saturated rings. The lowest BCUT2D eigenvalue weighted by molar-refractivity contribution is -0.120. The van der Waals surface area contributed by atoms with Gasteiger partial charge in [0.2, 0.25) is 5.91 Å². The van der Waals surface area contributed by atoms with E-state index in [9.17, 15) is 4.79 Å². The summed E-state index contributed by atoms with van der Waals surface area (Å²) in [6.07, 6.45) is 4.64. The molecule has 0 aromatic rings. The summed E-state index contributed by atoms with van der Waals surface area (Å²) in [5.74, 6) is 2.07.